The maximum absolute atomic E-state index is 13.5. The molecule has 0 saturated heterocycles. The van der Waals surface area contributed by atoms with Gasteiger partial charge >= 0.3 is 24.5 Å². The van der Waals surface area contributed by atoms with Crippen molar-refractivity contribution in [1.82, 2.24) is 0 Å². The van der Waals surface area contributed by atoms with Crippen LogP contribution in [-0.2, 0) is 9.53 Å². The summed E-state index contributed by atoms with van der Waals surface area (Å²) in [5.41, 5.74) is -8.81. The van der Waals surface area contributed by atoms with Gasteiger partial charge in [0.2, 0.25) is 0 Å². The number of ether oxygens (including phenoxy) is 1. The molecule has 176 valence electrons. The average Bonchev–Trinajstić information content (AvgIpc) is 2.51. The van der Waals surface area contributed by atoms with Crippen LogP contribution in [0.25, 0.3) is 0 Å². The third kappa shape index (κ3) is 4.56. The number of halogens is 9. The highest BCUT2D eigenvalue weighted by molar-refractivity contribution is 5.87. The van der Waals surface area contributed by atoms with Crippen molar-refractivity contribution in [3.8, 4) is 0 Å². The standard InChI is InChI=1S/C17H21F9O4/c1-7(2)12(28)30-8-5-9(13(3,15(18,19)20)16(21,22)23)11(27)10(6-8)14(4,29)17(24,25)26/h8-11,27,29H,1,5-6H2,2-4H3. The maximum atomic E-state index is 13.5. The number of rotatable bonds is 4. The molecule has 0 radical (unpaired) electrons. The Kier molecular flexibility index (Phi) is 6.97. The van der Waals surface area contributed by atoms with Gasteiger partial charge in [-0.3, -0.25) is 0 Å². The Morgan fingerprint density at radius 2 is 1.30 bits per heavy atom. The van der Waals surface area contributed by atoms with Crippen LogP contribution in [0.4, 0.5) is 39.5 Å². The summed E-state index contributed by atoms with van der Waals surface area (Å²) in [6.45, 7) is 4.12. The minimum absolute atomic E-state index is 0.124. The molecule has 0 bridgehead atoms. The summed E-state index contributed by atoms with van der Waals surface area (Å²) < 4.78 is 126. The molecule has 4 nitrogen and oxygen atoms in total. The van der Waals surface area contributed by atoms with Crippen LogP contribution in [0.3, 0.4) is 0 Å². The number of alkyl halides is 9. The van der Waals surface area contributed by atoms with Gasteiger partial charge in [0.15, 0.2) is 11.0 Å². The molecule has 5 atom stereocenters. The molecule has 0 aliphatic heterocycles. The van der Waals surface area contributed by atoms with E-state index in [1.54, 1.807) is 0 Å². The highest BCUT2D eigenvalue weighted by Gasteiger charge is 2.74. The van der Waals surface area contributed by atoms with Crippen LogP contribution >= 0.6 is 0 Å². The number of aliphatic hydroxyl groups is 2. The lowest BCUT2D eigenvalue weighted by molar-refractivity contribution is -0.371. The molecule has 1 saturated carbocycles. The van der Waals surface area contributed by atoms with E-state index in [1.807, 2.05) is 0 Å². The first-order valence-electron chi connectivity index (χ1n) is 8.56. The topological polar surface area (TPSA) is 66.8 Å². The van der Waals surface area contributed by atoms with E-state index < -0.39 is 72.4 Å². The van der Waals surface area contributed by atoms with E-state index in [2.05, 4.69) is 6.58 Å². The van der Waals surface area contributed by atoms with Gasteiger partial charge in [0, 0.05) is 17.4 Å². The summed E-state index contributed by atoms with van der Waals surface area (Å²) in [6.07, 6.45) is -24.5. The van der Waals surface area contributed by atoms with Gasteiger partial charge in [0.1, 0.15) is 6.10 Å². The summed E-state index contributed by atoms with van der Waals surface area (Å²) in [5, 5.41) is 20.1. The lowest BCUT2D eigenvalue weighted by Gasteiger charge is -2.51. The molecule has 1 aliphatic carbocycles. The molecule has 0 spiro atoms. The quantitative estimate of drug-likeness (QED) is 0.373. The predicted molar refractivity (Wildman–Crippen MR) is 83.8 cm³/mol. The van der Waals surface area contributed by atoms with Gasteiger partial charge in [-0.15, -0.1) is 0 Å². The Bertz CT molecular complexity index is 650. The van der Waals surface area contributed by atoms with Crippen molar-refractivity contribution in [2.45, 2.75) is 70.0 Å². The molecule has 1 fully saturated rings. The van der Waals surface area contributed by atoms with E-state index in [4.69, 9.17) is 4.74 Å². The molecular weight excluding hydrogens is 439 g/mol. The molecule has 2 N–H and O–H groups in total. The minimum atomic E-state index is -6.02. The van der Waals surface area contributed by atoms with E-state index in [1.165, 1.54) is 0 Å². The van der Waals surface area contributed by atoms with Crippen molar-refractivity contribution in [2.75, 3.05) is 0 Å². The molecule has 1 aliphatic rings. The summed E-state index contributed by atoms with van der Waals surface area (Å²) in [7, 11) is 0. The van der Waals surface area contributed by atoms with Crippen LogP contribution in [0.1, 0.15) is 33.6 Å². The number of aliphatic hydroxyl groups excluding tert-OH is 1. The molecule has 1 rings (SSSR count). The Balaban J connectivity index is 3.60. The molecule has 5 unspecified atom stereocenters. The van der Waals surface area contributed by atoms with Crippen LogP contribution < -0.4 is 0 Å². The normalized spacial score (nSPS) is 28.6. The monoisotopic (exact) mass is 460 g/mol. The van der Waals surface area contributed by atoms with Crippen LogP contribution in [0, 0.1) is 17.3 Å². The molecule has 0 aromatic heterocycles. The first-order valence-corrected chi connectivity index (χ1v) is 8.56. The second kappa shape index (κ2) is 7.88. The third-order valence-electron chi connectivity index (χ3n) is 5.70. The number of carbonyl (C=O) groups is 1. The minimum Gasteiger partial charge on any atom is -0.459 e. The summed E-state index contributed by atoms with van der Waals surface area (Å²) >= 11 is 0. The predicted octanol–water partition coefficient (Wildman–Crippen LogP) is 4.31. The van der Waals surface area contributed by atoms with E-state index in [9.17, 15) is 54.5 Å². The summed E-state index contributed by atoms with van der Waals surface area (Å²) in [5.74, 6) is -6.68. The second-order valence-corrected chi connectivity index (χ2v) is 7.83. The Labute approximate surface area is 165 Å². The third-order valence-corrected chi connectivity index (χ3v) is 5.70. The van der Waals surface area contributed by atoms with Crippen LogP contribution in [-0.4, -0.2) is 52.5 Å². The first kappa shape index (κ1) is 26.5. The van der Waals surface area contributed by atoms with Crippen molar-refractivity contribution >= 4 is 5.97 Å². The molecule has 0 heterocycles. The highest BCUT2D eigenvalue weighted by Crippen LogP contribution is 2.60. The zero-order chi connectivity index (χ0) is 24.1. The number of hydrogen-bond acceptors (Lipinski definition) is 4. The largest absolute Gasteiger partial charge is 0.459 e. The number of esters is 1. The zero-order valence-electron chi connectivity index (χ0n) is 16.0. The summed E-state index contributed by atoms with van der Waals surface area (Å²) in [6, 6.07) is 0. The molecule has 0 amide bonds. The van der Waals surface area contributed by atoms with E-state index >= 15 is 0 Å². The van der Waals surface area contributed by atoms with Gasteiger partial charge in [0.05, 0.1) is 6.10 Å². The second-order valence-electron chi connectivity index (χ2n) is 7.83. The SMILES string of the molecule is C=C(C)C(=O)OC1CC(C(C)(O)C(F)(F)F)C(O)C(C(C)(C(F)(F)F)C(F)(F)F)C1. The van der Waals surface area contributed by atoms with E-state index in [-0.39, 0.29) is 19.4 Å². The van der Waals surface area contributed by atoms with E-state index in [0.29, 0.717) is 0 Å². The highest BCUT2D eigenvalue weighted by atomic mass is 19.4. The van der Waals surface area contributed by atoms with Gasteiger partial charge in [-0.05, 0) is 33.6 Å². The Morgan fingerprint density at radius 1 is 0.900 bits per heavy atom. The first-order chi connectivity index (χ1) is 13.1. The van der Waals surface area contributed by atoms with Gasteiger partial charge in [-0.1, -0.05) is 6.58 Å². The van der Waals surface area contributed by atoms with Crippen molar-refractivity contribution in [3.05, 3.63) is 12.2 Å². The zero-order valence-corrected chi connectivity index (χ0v) is 16.0. The maximum Gasteiger partial charge on any atom is 0.417 e. The Hall–Kier alpha value is -1.50. The Morgan fingerprint density at radius 3 is 1.63 bits per heavy atom. The lowest BCUT2D eigenvalue weighted by Crippen LogP contribution is -2.64. The van der Waals surface area contributed by atoms with Crippen molar-refractivity contribution in [1.29, 1.82) is 0 Å². The van der Waals surface area contributed by atoms with Gasteiger partial charge in [-0.25, -0.2) is 4.79 Å². The van der Waals surface area contributed by atoms with Crippen LogP contribution in [0.15, 0.2) is 12.2 Å². The molecule has 0 aromatic rings. The van der Waals surface area contributed by atoms with Crippen molar-refractivity contribution in [2.24, 2.45) is 17.3 Å². The molecule has 0 aromatic carbocycles. The van der Waals surface area contributed by atoms with Crippen LogP contribution in [0.2, 0.25) is 0 Å². The fourth-order valence-corrected chi connectivity index (χ4v) is 3.50. The summed E-state index contributed by atoms with van der Waals surface area (Å²) in [4.78, 5) is 11.7. The molecular formula is C17H21F9O4. The fraction of sp³-hybridized carbons (Fsp3) is 0.824. The lowest BCUT2D eigenvalue weighted by atomic mass is 9.60. The van der Waals surface area contributed by atoms with Crippen molar-refractivity contribution in [3.63, 3.8) is 0 Å². The average molecular weight is 460 g/mol. The van der Waals surface area contributed by atoms with E-state index in [0.717, 1.165) is 6.92 Å². The number of carbonyl (C=O) groups excluding carboxylic acids is 1. The van der Waals surface area contributed by atoms with Gasteiger partial charge in [-0.2, -0.15) is 39.5 Å². The fourth-order valence-electron chi connectivity index (χ4n) is 3.50. The van der Waals surface area contributed by atoms with Gasteiger partial charge in [0.25, 0.3) is 0 Å². The number of hydrogen-bond donors (Lipinski definition) is 2. The van der Waals surface area contributed by atoms with Gasteiger partial charge < -0.3 is 14.9 Å². The smallest absolute Gasteiger partial charge is 0.417 e. The van der Waals surface area contributed by atoms with Crippen molar-refractivity contribution < 1.29 is 59.3 Å². The molecule has 13 heteroatoms. The molecule has 30 heavy (non-hydrogen) atoms. The van der Waals surface area contributed by atoms with Crippen LogP contribution in [0.5, 0.6) is 0 Å².